The van der Waals surface area contributed by atoms with E-state index in [0.717, 1.165) is 22.1 Å². The van der Waals surface area contributed by atoms with E-state index in [1.54, 1.807) is 11.1 Å². The first-order valence-corrected chi connectivity index (χ1v) is 20.4. The third-order valence-electron chi connectivity index (χ3n) is 11.9. The molecule has 0 aromatic heterocycles. The molecular weight excluding hydrogens is 537 g/mol. The van der Waals surface area contributed by atoms with Crippen molar-refractivity contribution >= 4 is 13.8 Å². The van der Waals surface area contributed by atoms with Crippen molar-refractivity contribution in [3.8, 4) is 11.1 Å². The number of nitrogens with zero attached hydrogens (tertiary/aromatic N) is 2. The predicted octanol–water partition coefficient (Wildman–Crippen LogP) is 10.4. The van der Waals surface area contributed by atoms with Gasteiger partial charge in [-0.1, -0.05) is 122 Å². The highest BCUT2D eigenvalue weighted by molar-refractivity contribution is 6.76. The molecule has 4 unspecified atom stereocenters. The van der Waals surface area contributed by atoms with E-state index < -0.39 is 8.24 Å². The number of quaternary nitrogens is 1. The van der Waals surface area contributed by atoms with Gasteiger partial charge in [0.1, 0.15) is 0 Å². The molecule has 2 fully saturated rings. The van der Waals surface area contributed by atoms with Crippen molar-refractivity contribution in [1.29, 1.82) is 0 Å². The van der Waals surface area contributed by atoms with Gasteiger partial charge in [-0.3, -0.25) is 4.59 Å². The van der Waals surface area contributed by atoms with Gasteiger partial charge in [-0.05, 0) is 93.0 Å². The molecule has 2 nitrogen and oxygen atoms in total. The zero-order valence-electron chi connectivity index (χ0n) is 29.2. The van der Waals surface area contributed by atoms with Crippen molar-refractivity contribution in [2.75, 3.05) is 21.1 Å². The first-order valence-electron chi connectivity index (χ1n) is 17.3. The van der Waals surface area contributed by atoms with Gasteiger partial charge in [-0.25, -0.2) is 0 Å². The lowest BCUT2D eigenvalue weighted by atomic mass is 9.76. The van der Waals surface area contributed by atoms with Crippen molar-refractivity contribution < 1.29 is 4.59 Å². The summed E-state index contributed by atoms with van der Waals surface area (Å²) < 4.78 is 4.05. The van der Waals surface area contributed by atoms with E-state index in [9.17, 15) is 0 Å². The lowest BCUT2D eigenvalue weighted by molar-refractivity contribution is -0.975. The van der Waals surface area contributed by atoms with Crippen LogP contribution in [0.2, 0.25) is 18.6 Å². The minimum Gasteiger partial charge on any atom is -0.258 e. The minimum absolute atomic E-state index is 0.0265. The predicted molar refractivity (Wildman–Crippen MR) is 188 cm³/mol. The van der Waals surface area contributed by atoms with E-state index in [0.29, 0.717) is 11.8 Å². The summed E-state index contributed by atoms with van der Waals surface area (Å²) in [5.41, 5.74) is 11.2. The molecule has 4 aliphatic rings. The van der Waals surface area contributed by atoms with Crippen LogP contribution in [0.4, 0.5) is 0 Å². The van der Waals surface area contributed by atoms with Gasteiger partial charge >= 0.3 is 0 Å². The molecule has 0 amide bonds. The van der Waals surface area contributed by atoms with Crippen LogP contribution < -0.4 is 0 Å². The zero-order chi connectivity index (χ0) is 31.1. The first-order chi connectivity index (χ1) is 20.0. The van der Waals surface area contributed by atoms with Crippen LogP contribution in [-0.4, -0.2) is 44.7 Å². The molecule has 0 N–H and O–H groups in total. The lowest BCUT2D eigenvalue weighted by Crippen LogP contribution is -2.69. The van der Waals surface area contributed by atoms with E-state index >= 15 is 0 Å². The molecule has 2 saturated carbocycles. The molecule has 0 radical (unpaired) electrons. The summed E-state index contributed by atoms with van der Waals surface area (Å²) in [5.74, 6) is 2.09. The molecule has 232 valence electrons. The van der Waals surface area contributed by atoms with Crippen LogP contribution in [0.15, 0.2) is 60.2 Å². The van der Waals surface area contributed by atoms with E-state index in [4.69, 9.17) is 0 Å². The Morgan fingerprint density at radius 3 is 2.09 bits per heavy atom. The van der Waals surface area contributed by atoms with Gasteiger partial charge < -0.3 is 0 Å². The van der Waals surface area contributed by atoms with Crippen LogP contribution in [0, 0.1) is 17.8 Å². The van der Waals surface area contributed by atoms with Crippen LogP contribution in [0.5, 0.6) is 0 Å². The lowest BCUT2D eigenvalue weighted by Gasteiger charge is -2.54. The topological polar surface area (TPSA) is 3.24 Å². The minimum atomic E-state index is -1.80. The molecule has 2 aromatic carbocycles. The normalized spacial score (nSPS) is 27.4. The van der Waals surface area contributed by atoms with Crippen LogP contribution in [0.3, 0.4) is 0 Å². The molecule has 43 heavy (non-hydrogen) atoms. The molecule has 0 aliphatic heterocycles. The Bertz CT molecular complexity index is 1420. The Labute approximate surface area is 264 Å². The Morgan fingerprint density at radius 2 is 1.49 bits per heavy atom. The monoisotopic (exact) mass is 595 g/mol. The molecule has 0 bridgehead atoms. The summed E-state index contributed by atoms with van der Waals surface area (Å²) in [6, 6.07) is 17.4. The van der Waals surface area contributed by atoms with E-state index in [-0.39, 0.29) is 10.8 Å². The molecule has 6 rings (SSSR count). The van der Waals surface area contributed by atoms with Crippen LogP contribution in [0.1, 0.15) is 96.8 Å². The number of hydrogen-bond acceptors (Lipinski definition) is 1. The highest BCUT2D eigenvalue weighted by Gasteiger charge is 2.57. The number of benzene rings is 2. The fourth-order valence-electron chi connectivity index (χ4n) is 10.3. The van der Waals surface area contributed by atoms with Crippen molar-refractivity contribution in [3.05, 3.63) is 76.9 Å². The Morgan fingerprint density at radius 1 is 0.860 bits per heavy atom. The van der Waals surface area contributed by atoms with Crippen molar-refractivity contribution in [1.82, 2.24) is 4.67 Å². The van der Waals surface area contributed by atoms with E-state index in [1.807, 2.05) is 0 Å². The number of allylic oxidation sites excluding steroid dienone is 4. The maximum atomic E-state index is 3.07. The molecule has 2 aromatic rings. The molecule has 0 saturated heterocycles. The second-order valence-electron chi connectivity index (χ2n) is 17.6. The highest BCUT2D eigenvalue weighted by atomic mass is 28.3. The molecule has 4 atom stereocenters. The van der Waals surface area contributed by atoms with Crippen LogP contribution in [0.25, 0.3) is 16.7 Å². The Kier molecular flexibility index (Phi) is 7.63. The van der Waals surface area contributed by atoms with Crippen molar-refractivity contribution in [2.45, 2.75) is 116 Å². The average Bonchev–Trinajstić information content (AvgIpc) is 3.36. The Balaban J connectivity index is 1.36. The maximum Gasteiger partial charge on any atom is 0.191 e. The van der Waals surface area contributed by atoms with E-state index in [2.05, 4.69) is 135 Å². The summed E-state index contributed by atoms with van der Waals surface area (Å²) in [7, 11) is 5.54. The van der Waals surface area contributed by atoms with Gasteiger partial charge in [0, 0.05) is 11.5 Å². The van der Waals surface area contributed by atoms with Gasteiger partial charge in [-0.2, -0.15) is 4.67 Å². The van der Waals surface area contributed by atoms with Gasteiger partial charge in [0.2, 0.25) is 0 Å². The SMILES string of the molecule is CC1CC2C=C3C(=CC2C1[Si](C)(C)N(C1CCCCC1)[N+](C)(C)C)C(C)(C)c1cc(-c2ccc(C(C)(C)C)cc2)ccc13. The largest absolute Gasteiger partial charge is 0.258 e. The fourth-order valence-corrected chi connectivity index (χ4v) is 16.2. The first kappa shape index (κ1) is 31.1. The second kappa shape index (κ2) is 10.6. The summed E-state index contributed by atoms with van der Waals surface area (Å²) in [5, 5.41) is 0. The third-order valence-corrected chi connectivity index (χ3v) is 16.6. The maximum absolute atomic E-state index is 3.07. The standard InChI is InChI=1S/C40H59N2Si/c1-27-23-30-24-35-33-22-19-29(28-17-20-31(21-18-28)39(2,3)4)25-36(33)40(5,6)37(35)26-34(30)38(27)43(10,11)41(42(7,8)9)32-15-13-12-14-16-32/h17-22,24-27,30,32,34,38H,12-16,23H2,1-11H3/q+1. The van der Waals surface area contributed by atoms with E-state index in [1.165, 1.54) is 66.3 Å². The molecule has 3 heteroatoms. The second-order valence-corrected chi connectivity index (χ2v) is 22.0. The average molecular weight is 596 g/mol. The smallest absolute Gasteiger partial charge is 0.191 e. The highest BCUT2D eigenvalue weighted by Crippen LogP contribution is 2.61. The van der Waals surface area contributed by atoms with Crippen LogP contribution >= 0.6 is 0 Å². The number of hydrogen-bond donors (Lipinski definition) is 0. The zero-order valence-corrected chi connectivity index (χ0v) is 30.2. The Hall–Kier alpha value is -1.94. The summed E-state index contributed by atoms with van der Waals surface area (Å²) in [6.07, 6.45) is 13.9. The molecule has 4 aliphatic carbocycles. The van der Waals surface area contributed by atoms with Gasteiger partial charge in [-0.15, -0.1) is 0 Å². The molecular formula is C40H59N2Si+. The summed E-state index contributed by atoms with van der Waals surface area (Å²) in [4.78, 5) is 0. The van der Waals surface area contributed by atoms with Crippen LogP contribution in [-0.2, 0) is 10.8 Å². The summed E-state index contributed by atoms with van der Waals surface area (Å²) >= 11 is 0. The van der Waals surface area contributed by atoms with Gasteiger partial charge in [0.05, 0.1) is 21.1 Å². The van der Waals surface area contributed by atoms with Gasteiger partial charge in [0.25, 0.3) is 0 Å². The molecule has 0 heterocycles. The van der Waals surface area contributed by atoms with Gasteiger partial charge in [0.15, 0.2) is 8.24 Å². The number of rotatable bonds is 5. The molecule has 0 spiro atoms. The summed E-state index contributed by atoms with van der Waals surface area (Å²) in [6.45, 7) is 19.9. The fraction of sp³-hybridized carbons (Fsp3) is 0.600. The number of fused-ring (bicyclic) bond motifs is 4. The quantitative estimate of drug-likeness (QED) is 0.189. The third kappa shape index (κ3) is 5.26. The van der Waals surface area contributed by atoms with Crippen molar-refractivity contribution in [3.63, 3.8) is 0 Å². The van der Waals surface area contributed by atoms with Crippen molar-refractivity contribution in [2.24, 2.45) is 17.8 Å².